The molecule has 1 aromatic carbocycles. The summed E-state index contributed by atoms with van der Waals surface area (Å²) in [6.07, 6.45) is 0. The Balaban J connectivity index is 1.93. The third kappa shape index (κ3) is 2.21. The van der Waals surface area contributed by atoms with Crippen LogP contribution in [0.1, 0.15) is 13.8 Å². The molecule has 0 bridgehead atoms. The first kappa shape index (κ1) is 12.5. The zero-order valence-corrected chi connectivity index (χ0v) is 11.9. The molecule has 102 valence electrons. The molecule has 19 heavy (non-hydrogen) atoms. The first-order chi connectivity index (χ1) is 9.16. The van der Waals surface area contributed by atoms with E-state index in [9.17, 15) is 0 Å². The van der Waals surface area contributed by atoms with Crippen LogP contribution in [0.5, 0.6) is 0 Å². The maximum Gasteiger partial charge on any atom is 0.206 e. The summed E-state index contributed by atoms with van der Waals surface area (Å²) in [5.74, 6) is 1.74. The van der Waals surface area contributed by atoms with Crippen LogP contribution in [0.2, 0.25) is 0 Å². The summed E-state index contributed by atoms with van der Waals surface area (Å²) in [6, 6.07) is 8.89. The number of aromatic nitrogens is 2. The third-order valence-electron chi connectivity index (χ3n) is 4.06. The van der Waals surface area contributed by atoms with Crippen LogP contribution in [0.25, 0.3) is 11.0 Å². The van der Waals surface area contributed by atoms with E-state index in [-0.39, 0.29) is 0 Å². The van der Waals surface area contributed by atoms with Gasteiger partial charge in [0, 0.05) is 32.7 Å². The van der Waals surface area contributed by atoms with Gasteiger partial charge in [-0.1, -0.05) is 26.0 Å². The highest BCUT2D eigenvalue weighted by molar-refractivity contribution is 5.78. The topological polar surface area (TPSA) is 33.1 Å². The number of hydrogen-bond acceptors (Lipinski definition) is 3. The van der Waals surface area contributed by atoms with E-state index in [4.69, 9.17) is 4.98 Å². The minimum atomic E-state index is 0.550. The van der Waals surface area contributed by atoms with Gasteiger partial charge in [0.1, 0.15) is 0 Å². The van der Waals surface area contributed by atoms with Crippen molar-refractivity contribution in [2.24, 2.45) is 13.0 Å². The lowest BCUT2D eigenvalue weighted by atomic mass is 10.0. The normalized spacial score (nSPS) is 20.4. The number of aryl methyl sites for hydroxylation is 1. The van der Waals surface area contributed by atoms with Crippen molar-refractivity contribution in [2.45, 2.75) is 19.9 Å². The number of imidazole rings is 1. The van der Waals surface area contributed by atoms with Crippen LogP contribution in [0.3, 0.4) is 0 Å². The van der Waals surface area contributed by atoms with Crippen molar-refractivity contribution in [1.82, 2.24) is 14.9 Å². The highest BCUT2D eigenvalue weighted by Gasteiger charge is 2.24. The molecule has 1 N–H and O–H groups in total. The summed E-state index contributed by atoms with van der Waals surface area (Å²) < 4.78 is 2.21. The molecular weight excluding hydrogens is 236 g/mol. The van der Waals surface area contributed by atoms with Crippen LogP contribution in [0, 0.1) is 5.92 Å². The average molecular weight is 258 g/mol. The van der Waals surface area contributed by atoms with Crippen LogP contribution in [-0.4, -0.2) is 35.2 Å². The predicted octanol–water partition coefficient (Wildman–Crippen LogP) is 2.01. The molecule has 2 heterocycles. The largest absolute Gasteiger partial charge is 0.339 e. The first-order valence-corrected chi connectivity index (χ1v) is 7.06. The van der Waals surface area contributed by atoms with Crippen molar-refractivity contribution in [1.29, 1.82) is 0 Å². The van der Waals surface area contributed by atoms with Crippen LogP contribution < -0.4 is 10.2 Å². The van der Waals surface area contributed by atoms with E-state index in [0.717, 1.165) is 31.1 Å². The Labute approximate surface area is 114 Å². The van der Waals surface area contributed by atoms with Gasteiger partial charge in [-0.05, 0) is 18.1 Å². The fraction of sp³-hybridized carbons (Fsp3) is 0.533. The molecule has 0 saturated carbocycles. The maximum atomic E-state index is 4.79. The summed E-state index contributed by atoms with van der Waals surface area (Å²) in [5.41, 5.74) is 2.29. The van der Waals surface area contributed by atoms with Crippen molar-refractivity contribution >= 4 is 17.0 Å². The summed E-state index contributed by atoms with van der Waals surface area (Å²) in [7, 11) is 2.11. The standard InChI is InChI=1S/C15H22N4/c1-11(2)13-10-19(9-8-16-13)15-17-12-6-4-5-7-14(12)18(15)3/h4-7,11,13,16H,8-10H2,1-3H3. The second-order valence-electron chi connectivity index (χ2n) is 5.71. The monoisotopic (exact) mass is 258 g/mol. The second kappa shape index (κ2) is 4.85. The van der Waals surface area contributed by atoms with E-state index in [1.807, 2.05) is 6.07 Å². The smallest absolute Gasteiger partial charge is 0.206 e. The Kier molecular flexibility index (Phi) is 3.19. The lowest BCUT2D eigenvalue weighted by molar-refractivity contribution is 0.365. The van der Waals surface area contributed by atoms with Crippen LogP contribution in [0.4, 0.5) is 5.95 Å². The average Bonchev–Trinajstić information content (AvgIpc) is 2.77. The lowest BCUT2D eigenvalue weighted by Gasteiger charge is -2.36. The minimum Gasteiger partial charge on any atom is -0.339 e. The summed E-state index contributed by atoms with van der Waals surface area (Å²) >= 11 is 0. The van der Waals surface area contributed by atoms with E-state index in [0.29, 0.717) is 12.0 Å². The molecular formula is C15H22N4. The van der Waals surface area contributed by atoms with Gasteiger partial charge in [-0.15, -0.1) is 0 Å². The van der Waals surface area contributed by atoms with Gasteiger partial charge < -0.3 is 14.8 Å². The molecule has 0 amide bonds. The quantitative estimate of drug-likeness (QED) is 0.894. The zero-order chi connectivity index (χ0) is 13.4. The van der Waals surface area contributed by atoms with E-state index >= 15 is 0 Å². The molecule has 1 aliphatic rings. The molecule has 1 atom stereocenters. The first-order valence-electron chi connectivity index (χ1n) is 7.06. The molecule has 0 aliphatic carbocycles. The minimum absolute atomic E-state index is 0.550. The third-order valence-corrected chi connectivity index (χ3v) is 4.06. The highest BCUT2D eigenvalue weighted by atomic mass is 15.3. The van der Waals surface area contributed by atoms with Crippen molar-refractivity contribution in [3.05, 3.63) is 24.3 Å². The zero-order valence-electron chi connectivity index (χ0n) is 11.9. The molecule has 4 heteroatoms. The highest BCUT2D eigenvalue weighted by Crippen LogP contribution is 2.22. The lowest BCUT2D eigenvalue weighted by Crippen LogP contribution is -2.53. The SMILES string of the molecule is CC(C)C1CN(c2nc3ccccc3n2C)CCN1. The number of nitrogens with one attached hydrogen (secondary N) is 1. The van der Waals surface area contributed by atoms with Gasteiger partial charge in [-0.3, -0.25) is 0 Å². The van der Waals surface area contributed by atoms with Gasteiger partial charge in [-0.25, -0.2) is 4.98 Å². The molecule has 2 aromatic rings. The number of fused-ring (bicyclic) bond motifs is 1. The Bertz CT molecular complexity index is 573. The van der Waals surface area contributed by atoms with Gasteiger partial charge in [0.15, 0.2) is 0 Å². The number of hydrogen-bond donors (Lipinski definition) is 1. The number of nitrogens with zero attached hydrogens (tertiary/aromatic N) is 3. The molecule has 1 fully saturated rings. The Hall–Kier alpha value is -1.55. The summed E-state index contributed by atoms with van der Waals surface area (Å²) in [5, 5.41) is 3.59. The molecule has 1 aliphatic heterocycles. The van der Waals surface area contributed by atoms with Crippen molar-refractivity contribution in [3.8, 4) is 0 Å². The van der Waals surface area contributed by atoms with Gasteiger partial charge in [0.25, 0.3) is 0 Å². The number of anilines is 1. The molecule has 4 nitrogen and oxygen atoms in total. The van der Waals surface area contributed by atoms with Crippen molar-refractivity contribution < 1.29 is 0 Å². The Morgan fingerprint density at radius 1 is 1.32 bits per heavy atom. The molecule has 1 unspecified atom stereocenters. The van der Waals surface area contributed by atoms with E-state index in [2.05, 4.69) is 53.9 Å². The number of benzene rings is 1. The Morgan fingerprint density at radius 3 is 2.84 bits per heavy atom. The molecule has 0 spiro atoms. The number of para-hydroxylation sites is 2. The number of piperazine rings is 1. The summed E-state index contributed by atoms with van der Waals surface area (Å²) in [6.45, 7) is 7.65. The van der Waals surface area contributed by atoms with Crippen molar-refractivity contribution in [3.63, 3.8) is 0 Å². The molecule has 1 aromatic heterocycles. The number of rotatable bonds is 2. The van der Waals surface area contributed by atoms with Gasteiger partial charge >= 0.3 is 0 Å². The van der Waals surface area contributed by atoms with Gasteiger partial charge in [0.05, 0.1) is 11.0 Å². The van der Waals surface area contributed by atoms with Crippen LogP contribution >= 0.6 is 0 Å². The fourth-order valence-corrected chi connectivity index (χ4v) is 2.82. The van der Waals surface area contributed by atoms with Gasteiger partial charge in [0.2, 0.25) is 5.95 Å². The summed E-state index contributed by atoms with van der Waals surface area (Å²) in [4.78, 5) is 7.19. The fourth-order valence-electron chi connectivity index (χ4n) is 2.82. The molecule has 1 saturated heterocycles. The van der Waals surface area contributed by atoms with Crippen LogP contribution in [0.15, 0.2) is 24.3 Å². The Morgan fingerprint density at radius 2 is 2.11 bits per heavy atom. The van der Waals surface area contributed by atoms with Crippen LogP contribution in [-0.2, 0) is 7.05 Å². The predicted molar refractivity (Wildman–Crippen MR) is 79.6 cm³/mol. The van der Waals surface area contributed by atoms with E-state index < -0.39 is 0 Å². The molecule has 0 radical (unpaired) electrons. The van der Waals surface area contributed by atoms with Crippen molar-refractivity contribution in [2.75, 3.05) is 24.5 Å². The van der Waals surface area contributed by atoms with E-state index in [1.54, 1.807) is 0 Å². The second-order valence-corrected chi connectivity index (χ2v) is 5.71. The maximum absolute atomic E-state index is 4.79. The molecule has 3 rings (SSSR count). The van der Waals surface area contributed by atoms with Gasteiger partial charge in [-0.2, -0.15) is 0 Å². The van der Waals surface area contributed by atoms with E-state index in [1.165, 1.54) is 5.52 Å².